The zero-order valence-corrected chi connectivity index (χ0v) is 19.9. The Morgan fingerprint density at radius 2 is 1.76 bits per heavy atom. The van der Waals surface area contributed by atoms with Crippen LogP contribution < -0.4 is 14.9 Å². The Balaban J connectivity index is 1.60. The lowest BCUT2D eigenvalue weighted by atomic mass is 10.2. The second kappa shape index (κ2) is 11.3. The molecule has 33 heavy (non-hydrogen) atoms. The van der Waals surface area contributed by atoms with Crippen molar-refractivity contribution in [1.29, 1.82) is 0 Å². The number of amides is 1. The third kappa shape index (κ3) is 6.96. The first kappa shape index (κ1) is 24.1. The van der Waals surface area contributed by atoms with E-state index in [4.69, 9.17) is 9.47 Å². The summed E-state index contributed by atoms with van der Waals surface area (Å²) < 4.78 is 11.9. The van der Waals surface area contributed by atoms with Gasteiger partial charge in [0.05, 0.1) is 21.2 Å². The highest BCUT2D eigenvalue weighted by Crippen LogP contribution is 2.29. The third-order valence-electron chi connectivity index (χ3n) is 4.06. The molecule has 0 fully saturated rings. The van der Waals surface area contributed by atoms with Gasteiger partial charge in [0.25, 0.3) is 11.6 Å². The minimum Gasteiger partial charge on any atom is -0.483 e. The van der Waals surface area contributed by atoms with E-state index in [0.717, 1.165) is 4.47 Å². The Morgan fingerprint density at radius 1 is 1.03 bits per heavy atom. The van der Waals surface area contributed by atoms with Crippen LogP contribution in [-0.4, -0.2) is 29.6 Å². The van der Waals surface area contributed by atoms with Gasteiger partial charge in [-0.05, 0) is 52.3 Å². The zero-order valence-electron chi connectivity index (χ0n) is 16.7. The second-order valence-electron chi connectivity index (χ2n) is 6.39. The van der Waals surface area contributed by atoms with E-state index in [1.165, 1.54) is 24.4 Å². The smallest absolute Gasteiger partial charge is 0.343 e. The maximum Gasteiger partial charge on any atom is 0.343 e. The van der Waals surface area contributed by atoms with Gasteiger partial charge in [-0.25, -0.2) is 10.2 Å². The number of hydrogen-bond donors (Lipinski definition) is 1. The van der Waals surface area contributed by atoms with Crippen molar-refractivity contribution in [2.75, 3.05) is 6.61 Å². The highest BCUT2D eigenvalue weighted by molar-refractivity contribution is 9.10. The van der Waals surface area contributed by atoms with E-state index in [1.807, 2.05) is 0 Å². The first-order chi connectivity index (χ1) is 15.8. The van der Waals surface area contributed by atoms with Gasteiger partial charge >= 0.3 is 5.97 Å². The van der Waals surface area contributed by atoms with Crippen LogP contribution in [0.15, 0.2) is 80.8 Å². The number of nitro benzene ring substituents is 1. The predicted molar refractivity (Wildman–Crippen MR) is 128 cm³/mol. The van der Waals surface area contributed by atoms with Crippen molar-refractivity contribution < 1.29 is 24.0 Å². The molecule has 0 aliphatic rings. The van der Waals surface area contributed by atoms with Gasteiger partial charge in [0, 0.05) is 22.2 Å². The van der Waals surface area contributed by atoms with E-state index in [0.29, 0.717) is 15.6 Å². The largest absolute Gasteiger partial charge is 0.483 e. The molecule has 0 heterocycles. The van der Waals surface area contributed by atoms with Crippen molar-refractivity contribution in [1.82, 2.24) is 5.43 Å². The van der Waals surface area contributed by atoms with Crippen molar-refractivity contribution in [2.24, 2.45) is 5.10 Å². The maximum atomic E-state index is 12.3. The number of non-ortho nitro benzene ring substituents is 1. The summed E-state index contributed by atoms with van der Waals surface area (Å²) in [6.45, 7) is -0.373. The maximum absolute atomic E-state index is 12.3. The second-order valence-corrected chi connectivity index (χ2v) is 8.16. The lowest BCUT2D eigenvalue weighted by Gasteiger charge is -2.08. The number of hydrogen-bond acceptors (Lipinski definition) is 7. The summed E-state index contributed by atoms with van der Waals surface area (Å²) in [5.41, 5.74) is 3.04. The molecule has 1 N–H and O–H groups in total. The number of halogens is 2. The summed E-state index contributed by atoms with van der Waals surface area (Å²) in [4.78, 5) is 34.6. The molecule has 0 atom stereocenters. The van der Waals surface area contributed by atoms with Gasteiger partial charge in [0.1, 0.15) is 11.5 Å². The first-order valence-electron chi connectivity index (χ1n) is 9.29. The molecule has 168 valence electrons. The van der Waals surface area contributed by atoms with E-state index in [1.54, 1.807) is 48.5 Å². The van der Waals surface area contributed by atoms with Crippen molar-refractivity contribution in [3.8, 4) is 11.5 Å². The number of benzene rings is 3. The number of nitro groups is 1. The van der Waals surface area contributed by atoms with E-state index in [9.17, 15) is 19.7 Å². The summed E-state index contributed by atoms with van der Waals surface area (Å²) >= 11 is 6.51. The quantitative estimate of drug-likeness (QED) is 0.134. The average Bonchev–Trinajstić information content (AvgIpc) is 2.80. The highest BCUT2D eigenvalue weighted by Gasteiger charge is 2.13. The lowest BCUT2D eigenvalue weighted by molar-refractivity contribution is -0.384. The summed E-state index contributed by atoms with van der Waals surface area (Å²) in [5.74, 6) is -0.564. The van der Waals surface area contributed by atoms with Gasteiger partial charge in [-0.1, -0.05) is 34.1 Å². The molecule has 0 aromatic heterocycles. The molecule has 11 heteroatoms. The topological polar surface area (TPSA) is 120 Å². The van der Waals surface area contributed by atoms with Gasteiger partial charge in [-0.15, -0.1) is 0 Å². The van der Waals surface area contributed by atoms with Crippen molar-refractivity contribution in [2.45, 2.75) is 0 Å². The van der Waals surface area contributed by atoms with Gasteiger partial charge in [0.2, 0.25) is 0 Å². The van der Waals surface area contributed by atoms with Crippen LogP contribution in [0.25, 0.3) is 0 Å². The normalized spacial score (nSPS) is 10.6. The summed E-state index contributed by atoms with van der Waals surface area (Å²) in [7, 11) is 0. The minimum absolute atomic E-state index is 0.110. The molecule has 0 spiro atoms. The van der Waals surface area contributed by atoms with Crippen LogP contribution in [0.4, 0.5) is 5.69 Å². The SMILES string of the molecule is O=C(COc1ccc([N+](=O)[O-])cc1Br)N/N=C\c1cc(Br)ccc1OC(=O)c1ccccc1. The van der Waals surface area contributed by atoms with Crippen molar-refractivity contribution in [3.05, 3.63) is 96.9 Å². The van der Waals surface area contributed by atoms with Crippen LogP contribution in [0, 0.1) is 10.1 Å². The number of carbonyl (C=O) groups excluding carboxylic acids is 2. The molecule has 3 aromatic rings. The lowest BCUT2D eigenvalue weighted by Crippen LogP contribution is -2.24. The van der Waals surface area contributed by atoms with E-state index < -0.39 is 16.8 Å². The Kier molecular flexibility index (Phi) is 8.28. The molecule has 1 amide bonds. The number of carbonyl (C=O) groups is 2. The Bertz CT molecular complexity index is 1220. The zero-order chi connectivity index (χ0) is 23.8. The first-order valence-corrected chi connectivity index (χ1v) is 10.9. The summed E-state index contributed by atoms with van der Waals surface area (Å²) in [5, 5.41) is 14.7. The Hall–Kier alpha value is -3.57. The van der Waals surface area contributed by atoms with Crippen LogP contribution in [0.3, 0.4) is 0 Å². The van der Waals surface area contributed by atoms with Crippen molar-refractivity contribution in [3.63, 3.8) is 0 Å². The number of esters is 1. The molecule has 0 aliphatic carbocycles. The standard InChI is InChI=1S/C22H15Br2N3O6/c23-16-6-8-19(33-22(29)14-4-2-1-3-5-14)15(10-16)12-25-26-21(28)13-32-20-9-7-17(27(30)31)11-18(20)24/h1-12H,13H2,(H,26,28)/b25-12-. The molecule has 0 radical (unpaired) electrons. The molecular weight excluding hydrogens is 562 g/mol. The van der Waals surface area contributed by atoms with E-state index in [-0.39, 0.29) is 23.8 Å². The average molecular weight is 577 g/mol. The summed E-state index contributed by atoms with van der Waals surface area (Å²) in [6, 6.07) is 17.4. The monoisotopic (exact) mass is 575 g/mol. The van der Waals surface area contributed by atoms with Gasteiger partial charge in [-0.3, -0.25) is 14.9 Å². The van der Waals surface area contributed by atoms with Crippen LogP contribution >= 0.6 is 31.9 Å². The van der Waals surface area contributed by atoms with Crippen molar-refractivity contribution >= 4 is 55.6 Å². The molecule has 0 bridgehead atoms. The van der Waals surface area contributed by atoms with Crippen LogP contribution in [-0.2, 0) is 4.79 Å². The minimum atomic E-state index is -0.561. The fraction of sp³-hybridized carbons (Fsp3) is 0.0455. The molecular formula is C22H15Br2N3O6. The fourth-order valence-electron chi connectivity index (χ4n) is 2.52. The van der Waals surface area contributed by atoms with Gasteiger partial charge in [-0.2, -0.15) is 5.10 Å². The number of nitrogens with one attached hydrogen (secondary N) is 1. The molecule has 0 saturated carbocycles. The molecule has 0 unspecified atom stereocenters. The molecule has 9 nitrogen and oxygen atoms in total. The van der Waals surface area contributed by atoms with E-state index in [2.05, 4.69) is 42.4 Å². The van der Waals surface area contributed by atoms with Gasteiger partial charge in [0.15, 0.2) is 6.61 Å². The molecule has 0 aliphatic heterocycles. The molecule has 0 saturated heterocycles. The van der Waals surface area contributed by atoms with Gasteiger partial charge < -0.3 is 9.47 Å². The number of rotatable bonds is 8. The molecule has 3 aromatic carbocycles. The number of ether oxygens (including phenoxy) is 2. The van der Waals surface area contributed by atoms with E-state index >= 15 is 0 Å². The predicted octanol–water partition coefficient (Wildman–Crippen LogP) is 4.87. The number of hydrazone groups is 1. The number of nitrogens with zero attached hydrogens (tertiary/aromatic N) is 2. The Morgan fingerprint density at radius 3 is 2.45 bits per heavy atom. The third-order valence-corrected chi connectivity index (χ3v) is 5.17. The fourth-order valence-corrected chi connectivity index (χ4v) is 3.38. The highest BCUT2D eigenvalue weighted by atomic mass is 79.9. The molecule has 3 rings (SSSR count). The summed E-state index contributed by atoms with van der Waals surface area (Å²) in [6.07, 6.45) is 1.33. The van der Waals surface area contributed by atoms with Crippen LogP contribution in [0.5, 0.6) is 11.5 Å². The Labute approximate surface area is 204 Å². The van der Waals surface area contributed by atoms with Crippen LogP contribution in [0.2, 0.25) is 0 Å². The van der Waals surface area contributed by atoms with Crippen LogP contribution in [0.1, 0.15) is 15.9 Å².